The molecule has 0 saturated heterocycles. The molecule has 1 heterocycles. The molecule has 0 bridgehead atoms. The summed E-state index contributed by atoms with van der Waals surface area (Å²) < 4.78 is 0. The van der Waals surface area contributed by atoms with E-state index in [0.717, 1.165) is 0 Å². The summed E-state index contributed by atoms with van der Waals surface area (Å²) >= 11 is 13.2. The summed E-state index contributed by atoms with van der Waals surface area (Å²) in [4.78, 5) is 25.2. The summed E-state index contributed by atoms with van der Waals surface area (Å²) in [5.74, 6) is -0.560. The van der Waals surface area contributed by atoms with Crippen LogP contribution in [0.4, 0.5) is 0 Å². The zero-order valence-corrected chi connectivity index (χ0v) is 11.8. The standard InChI is InChI=1S/C14H6Cl2O2S/c15-7-5-10(19-6-7)11-12(16)14(18)9-4-2-1-3-8(9)13(11)17/h1-6H. The fraction of sp³-hybridized carbons (Fsp3) is 0. The Bertz CT molecular complexity index is 743. The SMILES string of the molecule is O=C1C(Cl)=C(c2cc(Cl)cs2)C(=O)c2ccccc21. The van der Waals surface area contributed by atoms with Gasteiger partial charge in [-0.25, -0.2) is 0 Å². The van der Waals surface area contributed by atoms with Gasteiger partial charge < -0.3 is 0 Å². The number of hydrogen-bond donors (Lipinski definition) is 0. The second-order valence-electron chi connectivity index (χ2n) is 4.02. The number of halogens is 2. The molecule has 2 aromatic rings. The van der Waals surface area contributed by atoms with Gasteiger partial charge in [-0.15, -0.1) is 11.3 Å². The number of benzene rings is 1. The molecule has 1 aliphatic carbocycles. The van der Waals surface area contributed by atoms with E-state index >= 15 is 0 Å². The normalized spacial score (nSPS) is 14.8. The number of carbonyl (C=O) groups excluding carboxylic acids is 2. The minimum absolute atomic E-state index is 0.0396. The molecular weight excluding hydrogens is 303 g/mol. The van der Waals surface area contributed by atoms with Crippen molar-refractivity contribution in [3.63, 3.8) is 0 Å². The maximum Gasteiger partial charge on any atom is 0.205 e. The van der Waals surface area contributed by atoms with Crippen molar-refractivity contribution in [3.8, 4) is 0 Å². The Morgan fingerprint density at radius 2 is 1.58 bits per heavy atom. The van der Waals surface area contributed by atoms with Gasteiger partial charge in [-0.2, -0.15) is 0 Å². The van der Waals surface area contributed by atoms with Crippen LogP contribution in [0.2, 0.25) is 5.02 Å². The zero-order chi connectivity index (χ0) is 13.6. The lowest BCUT2D eigenvalue weighted by Crippen LogP contribution is -2.18. The number of Topliss-reactive ketones (excluding diaryl/α,β-unsaturated/α-hetero) is 2. The molecule has 0 saturated carbocycles. The smallest absolute Gasteiger partial charge is 0.205 e. The van der Waals surface area contributed by atoms with Crippen molar-refractivity contribution in [1.29, 1.82) is 0 Å². The van der Waals surface area contributed by atoms with Gasteiger partial charge in [-0.1, -0.05) is 47.5 Å². The fourth-order valence-electron chi connectivity index (χ4n) is 2.01. The van der Waals surface area contributed by atoms with Crippen LogP contribution in [0.1, 0.15) is 25.6 Å². The van der Waals surface area contributed by atoms with Gasteiger partial charge in [-0.05, 0) is 6.07 Å². The first-order valence-electron chi connectivity index (χ1n) is 5.42. The number of hydrogen-bond acceptors (Lipinski definition) is 3. The van der Waals surface area contributed by atoms with Crippen molar-refractivity contribution in [2.75, 3.05) is 0 Å². The number of rotatable bonds is 1. The maximum atomic E-state index is 12.5. The Morgan fingerprint density at radius 1 is 0.947 bits per heavy atom. The third kappa shape index (κ3) is 1.94. The van der Waals surface area contributed by atoms with E-state index in [9.17, 15) is 9.59 Å². The number of fused-ring (bicyclic) bond motifs is 1. The van der Waals surface area contributed by atoms with Crippen molar-refractivity contribution >= 4 is 51.7 Å². The lowest BCUT2D eigenvalue weighted by atomic mass is 9.89. The first-order chi connectivity index (χ1) is 9.09. The van der Waals surface area contributed by atoms with Gasteiger partial charge in [0, 0.05) is 21.4 Å². The van der Waals surface area contributed by atoms with Crippen molar-refractivity contribution < 1.29 is 9.59 Å². The van der Waals surface area contributed by atoms with Crippen molar-refractivity contribution in [2.24, 2.45) is 0 Å². The molecule has 0 N–H and O–H groups in total. The van der Waals surface area contributed by atoms with Gasteiger partial charge in [-0.3, -0.25) is 9.59 Å². The lowest BCUT2D eigenvalue weighted by Gasteiger charge is -2.16. The summed E-state index contributed by atoms with van der Waals surface area (Å²) in [6.07, 6.45) is 0. The Kier molecular flexibility index (Phi) is 3.05. The van der Waals surface area contributed by atoms with Crippen LogP contribution in [0.3, 0.4) is 0 Å². The number of carbonyl (C=O) groups is 2. The predicted molar refractivity (Wildman–Crippen MR) is 77.2 cm³/mol. The maximum absolute atomic E-state index is 12.5. The van der Waals surface area contributed by atoms with E-state index in [-0.39, 0.29) is 22.2 Å². The summed E-state index contributed by atoms with van der Waals surface area (Å²) in [7, 11) is 0. The largest absolute Gasteiger partial charge is 0.288 e. The molecular formula is C14H6Cl2O2S. The van der Waals surface area contributed by atoms with Crippen LogP contribution in [-0.2, 0) is 0 Å². The molecule has 0 radical (unpaired) electrons. The van der Waals surface area contributed by atoms with E-state index in [4.69, 9.17) is 23.2 Å². The summed E-state index contributed by atoms with van der Waals surface area (Å²) in [5, 5.41) is 2.19. The molecule has 0 atom stereocenters. The molecule has 0 amide bonds. The first kappa shape index (κ1) is 12.6. The summed E-state index contributed by atoms with van der Waals surface area (Å²) in [6.45, 7) is 0. The van der Waals surface area contributed by atoms with E-state index in [2.05, 4.69) is 0 Å². The summed E-state index contributed by atoms with van der Waals surface area (Å²) in [6, 6.07) is 8.32. The minimum Gasteiger partial charge on any atom is -0.288 e. The molecule has 5 heteroatoms. The molecule has 0 fully saturated rings. The molecule has 19 heavy (non-hydrogen) atoms. The summed E-state index contributed by atoms with van der Waals surface area (Å²) in [5.41, 5.74) is 0.975. The van der Waals surface area contributed by atoms with Crippen LogP contribution in [0, 0.1) is 0 Å². The van der Waals surface area contributed by atoms with Gasteiger partial charge >= 0.3 is 0 Å². The van der Waals surface area contributed by atoms with Crippen LogP contribution in [0.25, 0.3) is 5.57 Å². The Balaban J connectivity index is 2.24. The van der Waals surface area contributed by atoms with Gasteiger partial charge in [0.15, 0.2) is 5.78 Å². The second kappa shape index (κ2) is 4.60. The molecule has 94 valence electrons. The fourth-order valence-corrected chi connectivity index (χ4v) is 3.48. The number of allylic oxidation sites excluding steroid dienone is 2. The van der Waals surface area contributed by atoms with Crippen LogP contribution < -0.4 is 0 Å². The highest BCUT2D eigenvalue weighted by molar-refractivity contribution is 7.12. The van der Waals surface area contributed by atoms with Crippen molar-refractivity contribution in [3.05, 3.63) is 61.8 Å². The number of ketones is 2. The van der Waals surface area contributed by atoms with E-state index in [1.807, 2.05) is 0 Å². The van der Waals surface area contributed by atoms with Gasteiger partial charge in [0.05, 0.1) is 10.6 Å². The lowest BCUT2D eigenvalue weighted by molar-refractivity contribution is 0.0998. The van der Waals surface area contributed by atoms with E-state index in [1.54, 1.807) is 35.7 Å². The monoisotopic (exact) mass is 308 g/mol. The predicted octanol–water partition coefficient (Wildman–Crippen LogP) is 4.43. The Morgan fingerprint density at radius 3 is 2.16 bits per heavy atom. The third-order valence-electron chi connectivity index (χ3n) is 2.88. The average molecular weight is 309 g/mol. The topological polar surface area (TPSA) is 34.1 Å². The zero-order valence-electron chi connectivity index (χ0n) is 9.44. The van der Waals surface area contributed by atoms with Crippen molar-refractivity contribution in [2.45, 2.75) is 0 Å². The third-order valence-corrected chi connectivity index (χ3v) is 4.53. The van der Waals surface area contributed by atoms with E-state index in [0.29, 0.717) is 21.0 Å². The number of thiophene rings is 1. The molecule has 1 aliphatic rings. The van der Waals surface area contributed by atoms with Crippen LogP contribution in [0.5, 0.6) is 0 Å². The molecule has 0 aliphatic heterocycles. The van der Waals surface area contributed by atoms with Crippen LogP contribution >= 0.6 is 34.5 Å². The minimum atomic E-state index is -0.323. The molecule has 0 unspecified atom stereocenters. The van der Waals surface area contributed by atoms with Gasteiger partial charge in [0.2, 0.25) is 5.78 Å². The first-order valence-corrected chi connectivity index (χ1v) is 7.05. The van der Waals surface area contributed by atoms with E-state index < -0.39 is 0 Å². The Labute approximate surface area is 123 Å². The Hall–Kier alpha value is -1.42. The average Bonchev–Trinajstić information content (AvgIpc) is 2.83. The molecule has 3 rings (SSSR count). The van der Waals surface area contributed by atoms with Gasteiger partial charge in [0.25, 0.3) is 0 Å². The van der Waals surface area contributed by atoms with Crippen LogP contribution in [-0.4, -0.2) is 11.6 Å². The highest BCUT2D eigenvalue weighted by Gasteiger charge is 2.32. The molecule has 1 aromatic carbocycles. The quantitative estimate of drug-likeness (QED) is 0.781. The second-order valence-corrected chi connectivity index (χ2v) is 5.75. The molecule has 0 spiro atoms. The van der Waals surface area contributed by atoms with Crippen molar-refractivity contribution in [1.82, 2.24) is 0 Å². The van der Waals surface area contributed by atoms with E-state index in [1.165, 1.54) is 11.3 Å². The highest BCUT2D eigenvalue weighted by Crippen LogP contribution is 2.37. The molecule has 2 nitrogen and oxygen atoms in total. The highest BCUT2D eigenvalue weighted by atomic mass is 35.5. The van der Waals surface area contributed by atoms with Gasteiger partial charge in [0.1, 0.15) is 5.03 Å². The molecule has 1 aromatic heterocycles. The van der Waals surface area contributed by atoms with Crippen LogP contribution in [0.15, 0.2) is 40.7 Å².